The summed E-state index contributed by atoms with van der Waals surface area (Å²) in [6, 6.07) is 11.7. The number of nitrogens with zero attached hydrogens (tertiary/aromatic N) is 2. The number of amides is 1. The molecule has 0 fully saturated rings. The number of benzene rings is 1. The molecule has 2 N–H and O–H groups in total. The number of carbonyl (C=O) groups is 1. The van der Waals surface area contributed by atoms with Crippen LogP contribution in [0.4, 0.5) is 5.69 Å². The molecule has 0 radical (unpaired) electrons. The lowest BCUT2D eigenvalue weighted by atomic mass is 10.2. The Balaban J connectivity index is 1.63. The van der Waals surface area contributed by atoms with Gasteiger partial charge in [0.2, 0.25) is 0 Å². The van der Waals surface area contributed by atoms with Gasteiger partial charge in [0.25, 0.3) is 5.91 Å². The third kappa shape index (κ3) is 4.84. The summed E-state index contributed by atoms with van der Waals surface area (Å²) in [5, 5.41) is 7.04. The lowest BCUT2D eigenvalue weighted by Crippen LogP contribution is -2.25. The first-order chi connectivity index (χ1) is 13.6. The minimum Gasteiger partial charge on any atom is -0.385 e. The molecule has 0 aliphatic heterocycles. The van der Waals surface area contributed by atoms with E-state index in [1.54, 1.807) is 22.7 Å². The van der Waals surface area contributed by atoms with Crippen LogP contribution >= 0.6 is 11.6 Å². The van der Waals surface area contributed by atoms with Gasteiger partial charge in [0, 0.05) is 36.1 Å². The summed E-state index contributed by atoms with van der Waals surface area (Å²) in [7, 11) is 0. The first-order valence-corrected chi connectivity index (χ1v) is 10.3. The summed E-state index contributed by atoms with van der Waals surface area (Å²) >= 11 is 6.05. The van der Waals surface area contributed by atoms with Crippen LogP contribution in [0.3, 0.4) is 0 Å². The zero-order valence-electron chi connectivity index (χ0n) is 16.5. The highest BCUT2D eigenvalue weighted by Gasteiger charge is 2.18. The molecule has 3 aromatic rings. The highest BCUT2D eigenvalue weighted by Crippen LogP contribution is 2.18. The van der Waals surface area contributed by atoms with Crippen molar-refractivity contribution >= 4 is 28.8 Å². The monoisotopic (exact) mass is 398 g/mol. The maximum absolute atomic E-state index is 12.8. The van der Waals surface area contributed by atoms with Crippen molar-refractivity contribution in [3.05, 3.63) is 64.6 Å². The molecule has 3 rings (SSSR count). The number of rotatable bonds is 9. The maximum Gasteiger partial charge on any atom is 0.270 e. The van der Waals surface area contributed by atoms with Crippen molar-refractivity contribution in [2.24, 2.45) is 0 Å². The zero-order chi connectivity index (χ0) is 19.9. The number of nitrogens with one attached hydrogen (secondary N) is 2. The van der Waals surface area contributed by atoms with E-state index in [0.717, 1.165) is 23.5 Å². The lowest BCUT2D eigenvalue weighted by Gasteiger charge is -2.09. The Hall–Kier alpha value is -2.53. The molecule has 5 nitrogen and oxygen atoms in total. The molecular formula is C22H27ClN4O. The Morgan fingerprint density at radius 1 is 1.14 bits per heavy atom. The van der Waals surface area contributed by atoms with E-state index in [2.05, 4.69) is 34.7 Å². The van der Waals surface area contributed by atoms with Gasteiger partial charge in [0.15, 0.2) is 0 Å². The number of hydrogen-bond acceptors (Lipinski definition) is 3. The first kappa shape index (κ1) is 20.2. The van der Waals surface area contributed by atoms with Gasteiger partial charge in [-0.1, -0.05) is 50.4 Å². The van der Waals surface area contributed by atoms with Crippen molar-refractivity contribution in [2.45, 2.75) is 46.1 Å². The number of halogens is 1. The van der Waals surface area contributed by atoms with Crippen molar-refractivity contribution in [3.8, 4) is 0 Å². The van der Waals surface area contributed by atoms with Gasteiger partial charge in [-0.2, -0.15) is 0 Å². The Morgan fingerprint density at radius 2 is 1.93 bits per heavy atom. The molecule has 28 heavy (non-hydrogen) atoms. The van der Waals surface area contributed by atoms with Crippen LogP contribution in [0.1, 0.15) is 54.9 Å². The molecule has 0 unspecified atom stereocenters. The quantitative estimate of drug-likeness (QED) is 0.494. The summed E-state index contributed by atoms with van der Waals surface area (Å²) in [4.78, 5) is 17.3. The van der Waals surface area contributed by atoms with E-state index in [9.17, 15) is 4.79 Å². The Bertz CT molecular complexity index is 934. The minimum absolute atomic E-state index is 0.131. The van der Waals surface area contributed by atoms with E-state index in [1.165, 1.54) is 19.3 Å². The largest absolute Gasteiger partial charge is 0.385 e. The fourth-order valence-electron chi connectivity index (χ4n) is 3.17. The number of aromatic nitrogens is 2. The molecule has 0 aliphatic carbocycles. The molecule has 0 spiro atoms. The van der Waals surface area contributed by atoms with E-state index >= 15 is 0 Å². The van der Waals surface area contributed by atoms with Gasteiger partial charge in [-0.3, -0.25) is 9.20 Å². The summed E-state index contributed by atoms with van der Waals surface area (Å²) in [6.07, 6.45) is 6.11. The SMILES string of the molecule is CCCCCNc1ccc(CNC(=O)c2c(CC)nc3cc(Cl)ccn23)cc1. The fraction of sp³-hybridized carbons (Fsp3) is 0.364. The van der Waals surface area contributed by atoms with Gasteiger partial charge in [0.05, 0.1) is 5.69 Å². The molecule has 0 saturated carbocycles. The van der Waals surface area contributed by atoms with Crippen LogP contribution in [0.2, 0.25) is 5.02 Å². The average Bonchev–Trinajstić information content (AvgIpc) is 3.08. The maximum atomic E-state index is 12.8. The van der Waals surface area contributed by atoms with Crippen molar-refractivity contribution < 1.29 is 4.79 Å². The van der Waals surface area contributed by atoms with Crippen LogP contribution in [0.15, 0.2) is 42.6 Å². The number of anilines is 1. The summed E-state index contributed by atoms with van der Waals surface area (Å²) in [5.41, 5.74) is 4.20. The molecule has 0 bridgehead atoms. The predicted octanol–water partition coefficient (Wildman–Crippen LogP) is 5.08. The summed E-state index contributed by atoms with van der Waals surface area (Å²) < 4.78 is 1.80. The van der Waals surface area contributed by atoms with Crippen molar-refractivity contribution in [1.29, 1.82) is 0 Å². The molecule has 0 aliphatic rings. The van der Waals surface area contributed by atoms with E-state index in [4.69, 9.17) is 11.6 Å². The van der Waals surface area contributed by atoms with Crippen LogP contribution in [-0.2, 0) is 13.0 Å². The predicted molar refractivity (Wildman–Crippen MR) is 115 cm³/mol. The molecular weight excluding hydrogens is 372 g/mol. The van der Waals surface area contributed by atoms with E-state index in [0.29, 0.717) is 29.3 Å². The van der Waals surface area contributed by atoms with Gasteiger partial charge >= 0.3 is 0 Å². The number of hydrogen-bond donors (Lipinski definition) is 2. The lowest BCUT2D eigenvalue weighted by molar-refractivity contribution is 0.0944. The van der Waals surface area contributed by atoms with E-state index in [1.807, 2.05) is 19.1 Å². The van der Waals surface area contributed by atoms with Crippen molar-refractivity contribution in [1.82, 2.24) is 14.7 Å². The Kier molecular flexibility index (Phi) is 6.93. The van der Waals surface area contributed by atoms with Gasteiger partial charge in [-0.25, -0.2) is 4.98 Å². The molecule has 2 heterocycles. The second-order valence-electron chi connectivity index (χ2n) is 6.85. The van der Waals surface area contributed by atoms with Crippen LogP contribution in [0.25, 0.3) is 5.65 Å². The van der Waals surface area contributed by atoms with E-state index < -0.39 is 0 Å². The second kappa shape index (κ2) is 9.60. The van der Waals surface area contributed by atoms with Gasteiger partial charge in [-0.15, -0.1) is 0 Å². The minimum atomic E-state index is -0.131. The van der Waals surface area contributed by atoms with Crippen LogP contribution in [-0.4, -0.2) is 21.8 Å². The standard InChI is InChI=1S/C22H27ClN4O/c1-3-5-6-12-24-18-9-7-16(8-10-18)15-25-22(28)21-19(4-2)26-20-14-17(23)11-13-27(20)21/h7-11,13-14,24H,3-6,12,15H2,1-2H3,(H,25,28). The van der Waals surface area contributed by atoms with Gasteiger partial charge < -0.3 is 10.6 Å². The topological polar surface area (TPSA) is 58.4 Å². The molecule has 1 amide bonds. The number of carbonyl (C=O) groups excluding carboxylic acids is 1. The van der Waals surface area contributed by atoms with Crippen LogP contribution < -0.4 is 10.6 Å². The molecule has 1 aromatic carbocycles. The number of imidazole rings is 1. The highest BCUT2D eigenvalue weighted by molar-refractivity contribution is 6.30. The number of aryl methyl sites for hydroxylation is 1. The average molecular weight is 399 g/mol. The number of unbranched alkanes of at least 4 members (excludes halogenated alkanes) is 2. The summed E-state index contributed by atoms with van der Waals surface area (Å²) in [5.74, 6) is -0.131. The van der Waals surface area contributed by atoms with Crippen LogP contribution in [0, 0.1) is 0 Å². The molecule has 148 valence electrons. The smallest absolute Gasteiger partial charge is 0.270 e. The number of fused-ring (bicyclic) bond motifs is 1. The Labute approximate surface area is 171 Å². The van der Waals surface area contributed by atoms with Crippen molar-refractivity contribution in [3.63, 3.8) is 0 Å². The van der Waals surface area contributed by atoms with Gasteiger partial charge in [-0.05, 0) is 36.6 Å². The summed E-state index contributed by atoms with van der Waals surface area (Å²) in [6.45, 7) is 5.65. The molecule has 0 saturated heterocycles. The third-order valence-corrected chi connectivity index (χ3v) is 4.96. The first-order valence-electron chi connectivity index (χ1n) is 9.89. The second-order valence-corrected chi connectivity index (χ2v) is 7.28. The molecule has 2 aromatic heterocycles. The van der Waals surface area contributed by atoms with Crippen LogP contribution in [0.5, 0.6) is 0 Å². The molecule has 0 atom stereocenters. The highest BCUT2D eigenvalue weighted by atomic mass is 35.5. The number of pyridine rings is 1. The van der Waals surface area contributed by atoms with Gasteiger partial charge in [0.1, 0.15) is 11.3 Å². The fourth-order valence-corrected chi connectivity index (χ4v) is 3.32. The van der Waals surface area contributed by atoms with E-state index in [-0.39, 0.29) is 5.91 Å². The third-order valence-electron chi connectivity index (χ3n) is 4.73. The molecule has 6 heteroatoms. The van der Waals surface area contributed by atoms with Crippen molar-refractivity contribution in [2.75, 3.05) is 11.9 Å². The normalized spacial score (nSPS) is 11.0. The zero-order valence-corrected chi connectivity index (χ0v) is 17.2. The Morgan fingerprint density at radius 3 is 2.64 bits per heavy atom.